The summed E-state index contributed by atoms with van der Waals surface area (Å²) in [4.78, 5) is 13.6. The van der Waals surface area contributed by atoms with Crippen molar-refractivity contribution in [3.63, 3.8) is 0 Å². The molecule has 1 amide bonds. The highest BCUT2D eigenvalue weighted by molar-refractivity contribution is 5.96. The number of benzene rings is 1. The fourth-order valence-electron chi connectivity index (χ4n) is 1.87. The predicted octanol–water partition coefficient (Wildman–Crippen LogP) is 1.39. The smallest absolute Gasteiger partial charge is 0.257 e. The Kier molecular flexibility index (Phi) is 3.28. The van der Waals surface area contributed by atoms with E-state index in [9.17, 15) is 14.3 Å². The number of hydrogen-bond acceptors (Lipinski definition) is 3. The molecule has 0 spiro atoms. The van der Waals surface area contributed by atoms with Crippen LogP contribution in [0.1, 0.15) is 16.8 Å². The molecule has 1 heterocycles. The average molecular weight is 239 g/mol. The van der Waals surface area contributed by atoms with Crippen LogP contribution in [0.25, 0.3) is 0 Å². The van der Waals surface area contributed by atoms with E-state index in [2.05, 4.69) is 0 Å². The van der Waals surface area contributed by atoms with E-state index in [0.717, 1.165) is 18.6 Å². The maximum absolute atomic E-state index is 12.8. The van der Waals surface area contributed by atoms with Gasteiger partial charge in [0.15, 0.2) is 0 Å². The summed E-state index contributed by atoms with van der Waals surface area (Å²) in [6.07, 6.45) is 0.782. The normalized spacial score (nSPS) is 19.3. The van der Waals surface area contributed by atoms with Crippen molar-refractivity contribution in [3.05, 3.63) is 29.6 Å². The molecule has 0 saturated carbocycles. The topological polar surface area (TPSA) is 49.8 Å². The first-order valence-electron chi connectivity index (χ1n) is 5.43. The summed E-state index contributed by atoms with van der Waals surface area (Å²) in [6.45, 7) is 1.14. The maximum atomic E-state index is 12.8. The van der Waals surface area contributed by atoms with Crippen molar-refractivity contribution in [3.8, 4) is 5.75 Å². The van der Waals surface area contributed by atoms with E-state index in [1.54, 1.807) is 7.05 Å². The highest BCUT2D eigenvalue weighted by Gasteiger charge is 2.26. The monoisotopic (exact) mass is 239 g/mol. The van der Waals surface area contributed by atoms with Crippen molar-refractivity contribution in [2.75, 3.05) is 20.3 Å². The number of ether oxygens (including phenoxy) is 1. The highest BCUT2D eigenvalue weighted by atomic mass is 19.1. The van der Waals surface area contributed by atoms with Crippen LogP contribution in [0.4, 0.5) is 4.39 Å². The minimum Gasteiger partial charge on any atom is -0.507 e. The van der Waals surface area contributed by atoms with Gasteiger partial charge < -0.3 is 14.7 Å². The molecular formula is C12H14FNO3. The summed E-state index contributed by atoms with van der Waals surface area (Å²) < 4.78 is 18.0. The predicted molar refractivity (Wildman–Crippen MR) is 59.4 cm³/mol. The van der Waals surface area contributed by atoms with Crippen LogP contribution in [0, 0.1) is 5.82 Å². The molecule has 0 radical (unpaired) electrons. The number of carbonyl (C=O) groups excluding carboxylic acids is 1. The van der Waals surface area contributed by atoms with Gasteiger partial charge in [-0.3, -0.25) is 4.79 Å². The highest BCUT2D eigenvalue weighted by Crippen LogP contribution is 2.21. The molecule has 17 heavy (non-hydrogen) atoms. The van der Waals surface area contributed by atoms with Crippen molar-refractivity contribution >= 4 is 5.91 Å². The first-order chi connectivity index (χ1) is 8.09. The molecule has 1 unspecified atom stereocenters. The molecule has 2 rings (SSSR count). The number of nitrogens with zero attached hydrogens (tertiary/aromatic N) is 1. The van der Waals surface area contributed by atoms with Gasteiger partial charge in [0, 0.05) is 19.7 Å². The summed E-state index contributed by atoms with van der Waals surface area (Å²) in [5.74, 6) is -1.22. The number of likely N-dealkylation sites (N-methyl/N-ethyl adjacent to an activating group) is 1. The minimum absolute atomic E-state index is 0.0203. The van der Waals surface area contributed by atoms with Gasteiger partial charge in [-0.2, -0.15) is 0 Å². The molecule has 1 aromatic carbocycles. The van der Waals surface area contributed by atoms with Crippen molar-refractivity contribution in [1.29, 1.82) is 0 Å². The van der Waals surface area contributed by atoms with Gasteiger partial charge in [0.1, 0.15) is 11.6 Å². The zero-order valence-electron chi connectivity index (χ0n) is 9.52. The SMILES string of the molecule is CN(C(=O)c1ccc(F)cc1O)C1CCOC1. The number of aromatic hydroxyl groups is 1. The molecule has 1 fully saturated rings. The van der Waals surface area contributed by atoms with E-state index in [1.807, 2.05) is 0 Å². The fourth-order valence-corrected chi connectivity index (χ4v) is 1.87. The lowest BCUT2D eigenvalue weighted by atomic mass is 10.1. The summed E-state index contributed by atoms with van der Waals surface area (Å²) in [5.41, 5.74) is 0.112. The van der Waals surface area contributed by atoms with Crippen LogP contribution < -0.4 is 0 Å². The summed E-state index contributed by atoms with van der Waals surface area (Å²) in [6, 6.07) is 3.41. The van der Waals surface area contributed by atoms with Crippen LogP contribution >= 0.6 is 0 Å². The fraction of sp³-hybridized carbons (Fsp3) is 0.417. The lowest BCUT2D eigenvalue weighted by Gasteiger charge is -2.23. The van der Waals surface area contributed by atoms with E-state index in [1.165, 1.54) is 11.0 Å². The van der Waals surface area contributed by atoms with Gasteiger partial charge in [0.05, 0.1) is 18.2 Å². The minimum atomic E-state index is -0.564. The van der Waals surface area contributed by atoms with Gasteiger partial charge in [-0.15, -0.1) is 0 Å². The standard InChI is InChI=1S/C12H14FNO3/c1-14(9-4-5-17-7-9)12(16)10-3-2-8(13)6-11(10)15/h2-3,6,9,15H,4-5,7H2,1H3. The average Bonchev–Trinajstić information content (AvgIpc) is 2.80. The van der Waals surface area contributed by atoms with Gasteiger partial charge in [0.25, 0.3) is 5.91 Å². The zero-order chi connectivity index (χ0) is 12.4. The zero-order valence-corrected chi connectivity index (χ0v) is 9.52. The van der Waals surface area contributed by atoms with Crippen molar-refractivity contribution in [2.45, 2.75) is 12.5 Å². The van der Waals surface area contributed by atoms with Gasteiger partial charge in [-0.25, -0.2) is 4.39 Å². The number of hydrogen-bond donors (Lipinski definition) is 1. The van der Waals surface area contributed by atoms with Crippen LogP contribution in [0.5, 0.6) is 5.75 Å². The maximum Gasteiger partial charge on any atom is 0.257 e. The Morgan fingerprint density at radius 2 is 2.35 bits per heavy atom. The Balaban J connectivity index is 2.18. The second kappa shape index (κ2) is 4.71. The van der Waals surface area contributed by atoms with E-state index < -0.39 is 5.82 Å². The molecule has 0 aliphatic carbocycles. The number of phenols is 1. The van der Waals surface area contributed by atoms with Gasteiger partial charge in [0.2, 0.25) is 0 Å². The molecule has 1 saturated heterocycles. The molecule has 0 aromatic heterocycles. The van der Waals surface area contributed by atoms with Crippen LogP contribution in [0.3, 0.4) is 0 Å². The van der Waals surface area contributed by atoms with Gasteiger partial charge >= 0.3 is 0 Å². The van der Waals surface area contributed by atoms with E-state index in [4.69, 9.17) is 4.74 Å². The first-order valence-corrected chi connectivity index (χ1v) is 5.43. The molecule has 4 nitrogen and oxygen atoms in total. The molecule has 5 heteroatoms. The van der Waals surface area contributed by atoms with E-state index in [0.29, 0.717) is 13.2 Å². The Bertz CT molecular complexity index is 430. The summed E-state index contributed by atoms with van der Waals surface area (Å²) in [5, 5.41) is 9.53. The lowest BCUT2D eigenvalue weighted by Crippen LogP contribution is -2.37. The third-order valence-electron chi connectivity index (χ3n) is 2.96. The van der Waals surface area contributed by atoms with Crippen LogP contribution in [0.2, 0.25) is 0 Å². The number of halogens is 1. The number of amides is 1. The third-order valence-corrected chi connectivity index (χ3v) is 2.96. The van der Waals surface area contributed by atoms with Crippen molar-refractivity contribution in [2.24, 2.45) is 0 Å². The van der Waals surface area contributed by atoms with Gasteiger partial charge in [-0.1, -0.05) is 0 Å². The summed E-state index contributed by atoms with van der Waals surface area (Å²) in [7, 11) is 1.66. The quantitative estimate of drug-likeness (QED) is 0.848. The molecule has 1 aliphatic rings. The molecule has 1 atom stereocenters. The van der Waals surface area contributed by atoms with Gasteiger partial charge in [-0.05, 0) is 18.6 Å². The molecule has 1 N–H and O–H groups in total. The third kappa shape index (κ3) is 2.39. The largest absolute Gasteiger partial charge is 0.507 e. The number of rotatable bonds is 2. The Morgan fingerprint density at radius 1 is 1.59 bits per heavy atom. The number of phenolic OH excluding ortho intramolecular Hbond substituents is 1. The Labute approximate surface area is 98.6 Å². The second-order valence-corrected chi connectivity index (χ2v) is 4.09. The van der Waals surface area contributed by atoms with Crippen LogP contribution in [-0.2, 0) is 4.74 Å². The number of carbonyl (C=O) groups is 1. The van der Waals surface area contributed by atoms with E-state index >= 15 is 0 Å². The molecule has 1 aliphatic heterocycles. The van der Waals surface area contributed by atoms with Crippen molar-refractivity contribution < 1.29 is 19.0 Å². The second-order valence-electron chi connectivity index (χ2n) is 4.09. The molecule has 92 valence electrons. The van der Waals surface area contributed by atoms with E-state index in [-0.39, 0.29) is 23.3 Å². The molecule has 0 bridgehead atoms. The molecular weight excluding hydrogens is 225 g/mol. The first kappa shape index (κ1) is 11.9. The lowest BCUT2D eigenvalue weighted by molar-refractivity contribution is 0.0708. The summed E-state index contributed by atoms with van der Waals surface area (Å²) >= 11 is 0. The van der Waals surface area contributed by atoms with Crippen LogP contribution in [0.15, 0.2) is 18.2 Å². The van der Waals surface area contributed by atoms with Crippen molar-refractivity contribution in [1.82, 2.24) is 4.90 Å². The Morgan fingerprint density at radius 3 is 2.94 bits per heavy atom. The van der Waals surface area contributed by atoms with Crippen LogP contribution in [-0.4, -0.2) is 42.2 Å². The molecule has 1 aromatic rings. The Hall–Kier alpha value is -1.62.